The summed E-state index contributed by atoms with van der Waals surface area (Å²) in [5, 5.41) is 0. The first-order chi connectivity index (χ1) is 8.74. The van der Waals surface area contributed by atoms with Crippen LogP contribution in [0.2, 0.25) is 0 Å². The molecule has 1 atom stereocenters. The van der Waals surface area contributed by atoms with Gasteiger partial charge < -0.3 is 14.5 Å². The van der Waals surface area contributed by atoms with Gasteiger partial charge >= 0.3 is 0 Å². The van der Waals surface area contributed by atoms with Gasteiger partial charge in [0.2, 0.25) is 11.8 Å². The Kier molecular flexibility index (Phi) is 4.58. The Balaban J connectivity index is 1.91. The molecule has 5 nitrogen and oxygen atoms in total. The molecular formula is C13H22N2O3. The number of rotatable bonds is 5. The molecule has 2 heterocycles. The standard InChI is InChI=1S/C13H22N2O3/c1-18-10-3-2-7-14-9-6-12(16)15-8-4-5-11(15)13(14)17/h11H,2-10H2,1H3. The van der Waals surface area contributed by atoms with Gasteiger partial charge in [-0.3, -0.25) is 9.59 Å². The van der Waals surface area contributed by atoms with Crippen LogP contribution in [0.4, 0.5) is 0 Å². The molecule has 18 heavy (non-hydrogen) atoms. The second kappa shape index (κ2) is 6.18. The molecule has 0 aromatic rings. The number of hydrogen-bond acceptors (Lipinski definition) is 3. The molecule has 2 amide bonds. The van der Waals surface area contributed by atoms with Gasteiger partial charge in [0.1, 0.15) is 6.04 Å². The van der Waals surface area contributed by atoms with E-state index in [0.717, 1.165) is 45.4 Å². The molecule has 2 aliphatic rings. The van der Waals surface area contributed by atoms with E-state index in [9.17, 15) is 9.59 Å². The topological polar surface area (TPSA) is 49.9 Å². The zero-order valence-electron chi connectivity index (χ0n) is 11.1. The van der Waals surface area contributed by atoms with E-state index in [2.05, 4.69) is 0 Å². The van der Waals surface area contributed by atoms with Gasteiger partial charge in [0.25, 0.3) is 0 Å². The van der Waals surface area contributed by atoms with Crippen molar-refractivity contribution in [1.82, 2.24) is 9.80 Å². The zero-order valence-corrected chi connectivity index (χ0v) is 11.1. The summed E-state index contributed by atoms with van der Waals surface area (Å²) in [7, 11) is 1.69. The molecule has 0 radical (unpaired) electrons. The number of amides is 2. The minimum Gasteiger partial charge on any atom is -0.385 e. The van der Waals surface area contributed by atoms with E-state index >= 15 is 0 Å². The Labute approximate surface area is 108 Å². The number of hydrogen-bond donors (Lipinski definition) is 0. The van der Waals surface area contributed by atoms with Gasteiger partial charge in [-0.05, 0) is 25.7 Å². The first-order valence-corrected chi connectivity index (χ1v) is 6.81. The van der Waals surface area contributed by atoms with E-state index in [0.29, 0.717) is 13.0 Å². The Hall–Kier alpha value is -1.10. The molecule has 102 valence electrons. The van der Waals surface area contributed by atoms with Crippen LogP contribution < -0.4 is 0 Å². The predicted molar refractivity (Wildman–Crippen MR) is 67.0 cm³/mol. The Morgan fingerprint density at radius 3 is 2.89 bits per heavy atom. The monoisotopic (exact) mass is 254 g/mol. The third-order valence-corrected chi connectivity index (χ3v) is 3.79. The molecule has 0 spiro atoms. The van der Waals surface area contributed by atoms with Crippen LogP contribution in [-0.2, 0) is 14.3 Å². The van der Waals surface area contributed by atoms with Gasteiger partial charge in [0.15, 0.2) is 0 Å². The van der Waals surface area contributed by atoms with Crippen molar-refractivity contribution < 1.29 is 14.3 Å². The average molecular weight is 254 g/mol. The molecule has 0 aromatic heterocycles. The fourth-order valence-electron chi connectivity index (χ4n) is 2.79. The van der Waals surface area contributed by atoms with Gasteiger partial charge in [-0.2, -0.15) is 0 Å². The maximum Gasteiger partial charge on any atom is 0.245 e. The minimum absolute atomic E-state index is 0.144. The number of carbonyl (C=O) groups excluding carboxylic acids is 2. The van der Waals surface area contributed by atoms with Crippen LogP contribution in [0.3, 0.4) is 0 Å². The van der Waals surface area contributed by atoms with Crippen LogP contribution in [0.25, 0.3) is 0 Å². The summed E-state index contributed by atoms with van der Waals surface area (Å²) in [5.74, 6) is 0.293. The highest BCUT2D eigenvalue weighted by molar-refractivity contribution is 5.90. The third kappa shape index (κ3) is 2.83. The molecule has 1 unspecified atom stereocenters. The van der Waals surface area contributed by atoms with Crippen molar-refractivity contribution in [2.75, 3.05) is 33.4 Å². The summed E-state index contributed by atoms with van der Waals surface area (Å²) in [6, 6.07) is -0.178. The molecule has 5 heteroatoms. The second-order valence-electron chi connectivity index (χ2n) is 5.02. The van der Waals surface area contributed by atoms with Crippen molar-refractivity contribution in [3.8, 4) is 0 Å². The van der Waals surface area contributed by atoms with Crippen LogP contribution >= 0.6 is 0 Å². The number of methoxy groups -OCH3 is 1. The largest absolute Gasteiger partial charge is 0.385 e. The number of fused-ring (bicyclic) bond motifs is 1. The lowest BCUT2D eigenvalue weighted by Gasteiger charge is -2.25. The van der Waals surface area contributed by atoms with E-state index in [4.69, 9.17) is 4.74 Å². The lowest BCUT2D eigenvalue weighted by molar-refractivity contribution is -0.139. The number of carbonyl (C=O) groups is 2. The van der Waals surface area contributed by atoms with Crippen molar-refractivity contribution >= 4 is 11.8 Å². The summed E-state index contributed by atoms with van der Waals surface area (Å²) >= 11 is 0. The van der Waals surface area contributed by atoms with Crippen LogP contribution in [0.5, 0.6) is 0 Å². The molecule has 0 N–H and O–H groups in total. The molecular weight excluding hydrogens is 232 g/mol. The zero-order chi connectivity index (χ0) is 13.0. The molecule has 2 aliphatic heterocycles. The normalized spacial score (nSPS) is 24.4. The Morgan fingerprint density at radius 1 is 1.28 bits per heavy atom. The SMILES string of the molecule is COCCCCN1CCC(=O)N2CCCC2C1=O. The fourth-order valence-corrected chi connectivity index (χ4v) is 2.79. The Morgan fingerprint density at radius 2 is 2.11 bits per heavy atom. The van der Waals surface area contributed by atoms with E-state index in [1.807, 2.05) is 4.90 Å². The molecule has 2 saturated heterocycles. The van der Waals surface area contributed by atoms with E-state index in [1.165, 1.54) is 0 Å². The molecule has 0 aliphatic carbocycles. The highest BCUT2D eigenvalue weighted by Gasteiger charge is 2.38. The molecule has 0 bridgehead atoms. The van der Waals surface area contributed by atoms with Gasteiger partial charge in [0.05, 0.1) is 0 Å². The van der Waals surface area contributed by atoms with Crippen molar-refractivity contribution in [2.45, 2.75) is 38.1 Å². The van der Waals surface area contributed by atoms with Crippen LogP contribution in [0.15, 0.2) is 0 Å². The van der Waals surface area contributed by atoms with Crippen LogP contribution in [0.1, 0.15) is 32.1 Å². The van der Waals surface area contributed by atoms with Gasteiger partial charge in [-0.15, -0.1) is 0 Å². The highest BCUT2D eigenvalue weighted by atomic mass is 16.5. The lowest BCUT2D eigenvalue weighted by atomic mass is 10.2. The van der Waals surface area contributed by atoms with Crippen LogP contribution in [0, 0.1) is 0 Å². The number of unbranched alkanes of at least 4 members (excludes halogenated alkanes) is 1. The summed E-state index contributed by atoms with van der Waals surface area (Å²) in [5.41, 5.74) is 0. The molecule has 0 saturated carbocycles. The van der Waals surface area contributed by atoms with E-state index < -0.39 is 0 Å². The summed E-state index contributed by atoms with van der Waals surface area (Å²) in [6.07, 6.45) is 4.18. The van der Waals surface area contributed by atoms with Gasteiger partial charge in [-0.25, -0.2) is 0 Å². The molecule has 2 rings (SSSR count). The predicted octanol–water partition coefficient (Wildman–Crippen LogP) is 0.636. The summed E-state index contributed by atoms with van der Waals surface area (Å²) in [6.45, 7) is 2.82. The highest BCUT2D eigenvalue weighted by Crippen LogP contribution is 2.23. The van der Waals surface area contributed by atoms with Crippen LogP contribution in [-0.4, -0.2) is 61.0 Å². The number of ether oxygens (including phenoxy) is 1. The number of nitrogens with zero attached hydrogens (tertiary/aromatic N) is 2. The summed E-state index contributed by atoms with van der Waals surface area (Å²) < 4.78 is 5.00. The first kappa shape index (κ1) is 13.3. The summed E-state index contributed by atoms with van der Waals surface area (Å²) in [4.78, 5) is 27.9. The van der Waals surface area contributed by atoms with Crippen molar-refractivity contribution in [1.29, 1.82) is 0 Å². The smallest absolute Gasteiger partial charge is 0.245 e. The molecule has 0 aromatic carbocycles. The van der Waals surface area contributed by atoms with Gasteiger partial charge in [-0.1, -0.05) is 0 Å². The fraction of sp³-hybridized carbons (Fsp3) is 0.846. The third-order valence-electron chi connectivity index (χ3n) is 3.79. The Bertz CT molecular complexity index is 319. The second-order valence-corrected chi connectivity index (χ2v) is 5.02. The lowest BCUT2D eigenvalue weighted by Crippen LogP contribution is -2.43. The first-order valence-electron chi connectivity index (χ1n) is 6.81. The maximum absolute atomic E-state index is 12.3. The van der Waals surface area contributed by atoms with E-state index in [1.54, 1.807) is 12.0 Å². The molecule has 2 fully saturated rings. The quantitative estimate of drug-likeness (QED) is 0.676. The van der Waals surface area contributed by atoms with Gasteiger partial charge in [0, 0.05) is 39.8 Å². The minimum atomic E-state index is -0.178. The maximum atomic E-state index is 12.3. The average Bonchev–Trinajstić information content (AvgIpc) is 2.82. The van der Waals surface area contributed by atoms with E-state index in [-0.39, 0.29) is 17.9 Å². The van der Waals surface area contributed by atoms with Crippen molar-refractivity contribution in [3.05, 3.63) is 0 Å². The van der Waals surface area contributed by atoms with Crippen molar-refractivity contribution in [2.24, 2.45) is 0 Å². The van der Waals surface area contributed by atoms with Crippen molar-refractivity contribution in [3.63, 3.8) is 0 Å².